The maximum atomic E-state index is 10.4. The van der Waals surface area contributed by atoms with Crippen LogP contribution in [0.1, 0.15) is 96.8 Å². The van der Waals surface area contributed by atoms with Gasteiger partial charge < -0.3 is 24.0 Å². The van der Waals surface area contributed by atoms with Crippen LogP contribution >= 0.6 is 7.82 Å². The molecular formula is C24H49O7P. The second kappa shape index (κ2) is 25.4. The molecule has 0 rings (SSSR count). The third kappa shape index (κ3) is 29.7. The second-order valence-electron chi connectivity index (χ2n) is 8.10. The van der Waals surface area contributed by atoms with Crippen molar-refractivity contribution in [1.29, 1.82) is 0 Å². The van der Waals surface area contributed by atoms with Crippen LogP contribution in [0.2, 0.25) is 0 Å². The molecule has 0 aromatic carbocycles. The van der Waals surface area contributed by atoms with Crippen LogP contribution < -0.4 is 0 Å². The second-order valence-corrected chi connectivity index (χ2v) is 9.34. The summed E-state index contributed by atoms with van der Waals surface area (Å²) >= 11 is 0. The standard InChI is InChI=1S/C24H49O7P/c1-2-3-4-5-6-7-8-9-10-11-12-13-14-15-16-17-18-28-19-20-29-21-22-30-23-24-31-32(25,26)27/h9-10H,2-8,11-24H2,1H3,(H2,25,26,27)/b10-9+. The number of hydrogen-bond acceptors (Lipinski definition) is 5. The molecule has 0 aliphatic carbocycles. The Morgan fingerprint density at radius 3 is 1.47 bits per heavy atom. The Morgan fingerprint density at radius 2 is 0.969 bits per heavy atom. The molecule has 0 aromatic heterocycles. The number of phosphoric acid groups is 1. The molecule has 0 radical (unpaired) electrons. The number of unbranched alkanes of at least 4 members (excludes halogenated alkanes) is 12. The molecule has 7 nitrogen and oxygen atoms in total. The summed E-state index contributed by atoms with van der Waals surface area (Å²) in [6, 6.07) is 0. The SMILES string of the molecule is CCCCCCCC/C=C/CCCCCCCCOCCOCCOCCOP(=O)(O)O. The molecule has 32 heavy (non-hydrogen) atoms. The predicted octanol–water partition coefficient (Wildman–Crippen LogP) is 6.18. The summed E-state index contributed by atoms with van der Waals surface area (Å²) in [5.74, 6) is 0. The molecule has 0 saturated heterocycles. The minimum atomic E-state index is -4.40. The summed E-state index contributed by atoms with van der Waals surface area (Å²) < 4.78 is 30.8. The van der Waals surface area contributed by atoms with Gasteiger partial charge in [0.1, 0.15) is 0 Å². The third-order valence-electron chi connectivity index (χ3n) is 5.03. The van der Waals surface area contributed by atoms with Crippen molar-refractivity contribution in [3.63, 3.8) is 0 Å². The van der Waals surface area contributed by atoms with E-state index < -0.39 is 7.82 Å². The van der Waals surface area contributed by atoms with Crippen molar-refractivity contribution in [1.82, 2.24) is 0 Å². The molecule has 0 aliphatic rings. The molecule has 0 fully saturated rings. The highest BCUT2D eigenvalue weighted by molar-refractivity contribution is 7.46. The van der Waals surface area contributed by atoms with Crippen LogP contribution in [0.25, 0.3) is 0 Å². The number of ether oxygens (including phenoxy) is 3. The fraction of sp³-hybridized carbons (Fsp3) is 0.917. The van der Waals surface area contributed by atoms with Gasteiger partial charge in [-0.3, -0.25) is 4.52 Å². The van der Waals surface area contributed by atoms with Gasteiger partial charge in [-0.25, -0.2) is 4.57 Å². The normalized spacial score (nSPS) is 12.2. The molecule has 0 unspecified atom stereocenters. The van der Waals surface area contributed by atoms with Gasteiger partial charge in [-0.15, -0.1) is 0 Å². The smallest absolute Gasteiger partial charge is 0.379 e. The lowest BCUT2D eigenvalue weighted by molar-refractivity contribution is 0.00702. The Hall–Kier alpha value is -0.270. The van der Waals surface area contributed by atoms with Crippen LogP contribution in [0.3, 0.4) is 0 Å². The van der Waals surface area contributed by atoms with Gasteiger partial charge in [0.2, 0.25) is 0 Å². The van der Waals surface area contributed by atoms with Crippen molar-refractivity contribution in [3.05, 3.63) is 12.2 Å². The Labute approximate surface area is 196 Å². The van der Waals surface area contributed by atoms with E-state index in [-0.39, 0.29) is 13.2 Å². The van der Waals surface area contributed by atoms with Gasteiger partial charge in [0, 0.05) is 6.61 Å². The summed E-state index contributed by atoms with van der Waals surface area (Å²) in [5.41, 5.74) is 0. The molecule has 0 heterocycles. The molecule has 0 spiro atoms. The lowest BCUT2D eigenvalue weighted by Crippen LogP contribution is -2.11. The first-order chi connectivity index (χ1) is 15.6. The Bertz CT molecular complexity index is 440. The monoisotopic (exact) mass is 480 g/mol. The van der Waals surface area contributed by atoms with Gasteiger partial charge in [0.25, 0.3) is 0 Å². The average Bonchev–Trinajstić information content (AvgIpc) is 2.75. The number of allylic oxidation sites excluding steroid dienone is 2. The lowest BCUT2D eigenvalue weighted by atomic mass is 10.1. The molecule has 0 aromatic rings. The van der Waals surface area contributed by atoms with E-state index in [0.29, 0.717) is 26.4 Å². The van der Waals surface area contributed by atoms with E-state index in [4.69, 9.17) is 24.0 Å². The summed E-state index contributed by atoms with van der Waals surface area (Å²) in [4.78, 5) is 17.0. The highest BCUT2D eigenvalue weighted by Gasteiger charge is 2.12. The van der Waals surface area contributed by atoms with Crippen molar-refractivity contribution in [2.24, 2.45) is 0 Å². The number of hydrogen-bond donors (Lipinski definition) is 2. The van der Waals surface area contributed by atoms with Crippen molar-refractivity contribution in [2.45, 2.75) is 96.8 Å². The summed E-state index contributed by atoms with van der Waals surface area (Å²) in [6.45, 7) is 4.92. The van der Waals surface area contributed by atoms with Gasteiger partial charge in [-0.2, -0.15) is 0 Å². The molecule has 0 atom stereocenters. The highest BCUT2D eigenvalue weighted by Crippen LogP contribution is 2.35. The number of phosphoric ester groups is 1. The molecule has 0 amide bonds. The first-order valence-corrected chi connectivity index (χ1v) is 14.2. The molecule has 0 saturated carbocycles. The van der Waals surface area contributed by atoms with E-state index in [9.17, 15) is 4.57 Å². The first-order valence-electron chi connectivity index (χ1n) is 12.6. The maximum Gasteiger partial charge on any atom is 0.469 e. The van der Waals surface area contributed by atoms with E-state index in [1.54, 1.807) is 0 Å². The zero-order valence-corrected chi connectivity index (χ0v) is 21.3. The van der Waals surface area contributed by atoms with Crippen LogP contribution in [-0.2, 0) is 23.3 Å². The van der Waals surface area contributed by atoms with Crippen molar-refractivity contribution < 1.29 is 33.1 Å². The Morgan fingerprint density at radius 1 is 0.562 bits per heavy atom. The van der Waals surface area contributed by atoms with E-state index in [1.807, 2.05) is 0 Å². The molecule has 0 aliphatic heterocycles. The topological polar surface area (TPSA) is 94.5 Å². The molecule has 192 valence electrons. The largest absolute Gasteiger partial charge is 0.469 e. The van der Waals surface area contributed by atoms with Crippen LogP contribution in [-0.4, -0.2) is 56.0 Å². The summed E-state index contributed by atoms with van der Waals surface area (Å²) in [6.07, 6.45) is 23.0. The minimum Gasteiger partial charge on any atom is -0.379 e. The quantitative estimate of drug-likeness (QED) is 0.0867. The van der Waals surface area contributed by atoms with Crippen LogP contribution in [0.4, 0.5) is 0 Å². The Balaban J connectivity index is 3.09. The lowest BCUT2D eigenvalue weighted by Gasteiger charge is -2.07. The molecule has 0 bridgehead atoms. The van der Waals surface area contributed by atoms with Gasteiger partial charge in [-0.1, -0.05) is 76.9 Å². The Kier molecular flexibility index (Phi) is 25.1. The minimum absolute atomic E-state index is 0.126. The molecule has 8 heteroatoms. The van der Waals surface area contributed by atoms with E-state index in [2.05, 4.69) is 23.6 Å². The summed E-state index contributed by atoms with van der Waals surface area (Å²) in [5, 5.41) is 0. The fourth-order valence-corrected chi connectivity index (χ4v) is 3.52. The number of rotatable bonds is 26. The highest BCUT2D eigenvalue weighted by atomic mass is 31.2. The third-order valence-corrected chi connectivity index (χ3v) is 5.55. The van der Waals surface area contributed by atoms with E-state index >= 15 is 0 Å². The predicted molar refractivity (Wildman–Crippen MR) is 130 cm³/mol. The van der Waals surface area contributed by atoms with Gasteiger partial charge in [0.05, 0.1) is 39.6 Å². The van der Waals surface area contributed by atoms with Crippen LogP contribution in [0.5, 0.6) is 0 Å². The van der Waals surface area contributed by atoms with Gasteiger partial charge in [0.15, 0.2) is 0 Å². The summed E-state index contributed by atoms with van der Waals surface area (Å²) in [7, 11) is -4.40. The fourth-order valence-electron chi connectivity index (χ4n) is 3.21. The molecule has 2 N–H and O–H groups in total. The molecular weight excluding hydrogens is 431 g/mol. The van der Waals surface area contributed by atoms with E-state index in [0.717, 1.165) is 13.0 Å². The average molecular weight is 481 g/mol. The van der Waals surface area contributed by atoms with Crippen molar-refractivity contribution in [2.75, 3.05) is 46.2 Å². The maximum absolute atomic E-state index is 10.4. The first kappa shape index (κ1) is 31.7. The van der Waals surface area contributed by atoms with Crippen LogP contribution in [0, 0.1) is 0 Å². The zero-order chi connectivity index (χ0) is 23.6. The van der Waals surface area contributed by atoms with Crippen molar-refractivity contribution >= 4 is 7.82 Å². The van der Waals surface area contributed by atoms with Gasteiger partial charge in [-0.05, 0) is 32.1 Å². The van der Waals surface area contributed by atoms with Crippen molar-refractivity contribution in [3.8, 4) is 0 Å². The van der Waals surface area contributed by atoms with Gasteiger partial charge >= 0.3 is 7.82 Å². The zero-order valence-electron chi connectivity index (χ0n) is 20.4. The van der Waals surface area contributed by atoms with Crippen LogP contribution in [0.15, 0.2) is 12.2 Å². The van der Waals surface area contributed by atoms with E-state index in [1.165, 1.54) is 83.5 Å².